The van der Waals surface area contributed by atoms with Gasteiger partial charge in [0.2, 0.25) is 0 Å². The molecular formula is C18H30N4O. The quantitative estimate of drug-likeness (QED) is 0.743. The van der Waals surface area contributed by atoms with Gasteiger partial charge < -0.3 is 15.0 Å². The zero-order chi connectivity index (χ0) is 16.1. The molecule has 2 saturated heterocycles. The topological polar surface area (TPSA) is 48.6 Å². The van der Waals surface area contributed by atoms with E-state index in [1.807, 2.05) is 12.1 Å². The molecule has 1 aromatic rings. The van der Waals surface area contributed by atoms with Crippen LogP contribution in [0.2, 0.25) is 0 Å². The van der Waals surface area contributed by atoms with Crippen molar-refractivity contribution in [3.8, 4) is 5.75 Å². The van der Waals surface area contributed by atoms with E-state index in [9.17, 15) is 0 Å². The first kappa shape index (κ1) is 16.7. The molecule has 2 aliphatic heterocycles. The summed E-state index contributed by atoms with van der Waals surface area (Å²) in [6, 6.07) is 9.41. The SMILES string of the molecule is CCN1CCCC(NCC2CNNC2c2ccc(OC)cc2)C1. The lowest BCUT2D eigenvalue weighted by atomic mass is 9.94. The number of nitrogens with zero attached hydrogens (tertiary/aromatic N) is 1. The zero-order valence-electron chi connectivity index (χ0n) is 14.3. The second kappa shape index (κ2) is 8.11. The highest BCUT2D eigenvalue weighted by atomic mass is 16.5. The molecule has 23 heavy (non-hydrogen) atoms. The largest absolute Gasteiger partial charge is 0.497 e. The molecule has 0 aliphatic carbocycles. The second-order valence-corrected chi connectivity index (χ2v) is 6.68. The maximum absolute atomic E-state index is 5.25. The molecule has 3 unspecified atom stereocenters. The summed E-state index contributed by atoms with van der Waals surface area (Å²) in [6.07, 6.45) is 2.62. The maximum atomic E-state index is 5.25. The number of piperidine rings is 1. The van der Waals surface area contributed by atoms with E-state index in [1.165, 1.54) is 38.0 Å². The Labute approximate surface area is 139 Å². The van der Waals surface area contributed by atoms with Crippen LogP contribution < -0.4 is 20.9 Å². The first-order valence-electron chi connectivity index (χ1n) is 8.88. The van der Waals surface area contributed by atoms with E-state index in [2.05, 4.69) is 40.1 Å². The predicted molar refractivity (Wildman–Crippen MR) is 93.5 cm³/mol. The van der Waals surface area contributed by atoms with Crippen LogP contribution in [0.5, 0.6) is 5.75 Å². The Balaban J connectivity index is 1.54. The highest BCUT2D eigenvalue weighted by Gasteiger charge is 2.29. The Morgan fingerprint density at radius 2 is 2.13 bits per heavy atom. The lowest BCUT2D eigenvalue weighted by Crippen LogP contribution is -2.47. The smallest absolute Gasteiger partial charge is 0.118 e. The van der Waals surface area contributed by atoms with Crippen LogP contribution in [0.3, 0.4) is 0 Å². The number of hydrogen-bond acceptors (Lipinski definition) is 5. The molecule has 0 saturated carbocycles. The van der Waals surface area contributed by atoms with Crippen molar-refractivity contribution in [1.82, 2.24) is 21.1 Å². The number of benzene rings is 1. The molecule has 3 N–H and O–H groups in total. The lowest BCUT2D eigenvalue weighted by Gasteiger charge is -2.33. The number of methoxy groups -OCH3 is 1. The number of rotatable bonds is 6. The molecule has 2 heterocycles. The number of likely N-dealkylation sites (N-methyl/N-ethyl adjacent to an activating group) is 1. The average molecular weight is 318 g/mol. The monoisotopic (exact) mass is 318 g/mol. The van der Waals surface area contributed by atoms with E-state index in [-0.39, 0.29) is 0 Å². The van der Waals surface area contributed by atoms with E-state index < -0.39 is 0 Å². The van der Waals surface area contributed by atoms with E-state index in [0.29, 0.717) is 18.0 Å². The minimum Gasteiger partial charge on any atom is -0.497 e. The number of hydrazine groups is 1. The molecule has 0 amide bonds. The van der Waals surface area contributed by atoms with Crippen molar-refractivity contribution in [2.45, 2.75) is 31.8 Å². The zero-order valence-corrected chi connectivity index (χ0v) is 14.3. The van der Waals surface area contributed by atoms with Crippen molar-refractivity contribution >= 4 is 0 Å². The van der Waals surface area contributed by atoms with Gasteiger partial charge in [0.25, 0.3) is 0 Å². The molecule has 128 valence electrons. The summed E-state index contributed by atoms with van der Waals surface area (Å²) < 4.78 is 5.25. The minimum absolute atomic E-state index is 0.360. The van der Waals surface area contributed by atoms with Gasteiger partial charge in [0.05, 0.1) is 13.2 Å². The van der Waals surface area contributed by atoms with Crippen molar-refractivity contribution < 1.29 is 4.74 Å². The normalized spacial score (nSPS) is 28.9. The molecule has 5 heteroatoms. The average Bonchev–Trinajstić information content (AvgIpc) is 3.09. The summed E-state index contributed by atoms with van der Waals surface area (Å²) in [7, 11) is 1.71. The molecule has 2 aliphatic rings. The fourth-order valence-electron chi connectivity index (χ4n) is 3.72. The second-order valence-electron chi connectivity index (χ2n) is 6.68. The summed E-state index contributed by atoms with van der Waals surface area (Å²) in [5.41, 5.74) is 8.07. The summed E-state index contributed by atoms with van der Waals surface area (Å²) in [5, 5.41) is 3.80. The van der Waals surface area contributed by atoms with Crippen LogP contribution in [0, 0.1) is 5.92 Å². The number of likely N-dealkylation sites (tertiary alicyclic amines) is 1. The van der Waals surface area contributed by atoms with Crippen LogP contribution in [0.25, 0.3) is 0 Å². The standard InChI is InChI=1S/C18H30N4O/c1-3-22-10-4-5-16(13-22)19-11-15-12-20-21-18(15)14-6-8-17(23-2)9-7-14/h6-9,15-16,18-21H,3-5,10-13H2,1-2H3. The molecule has 5 nitrogen and oxygen atoms in total. The highest BCUT2D eigenvalue weighted by Crippen LogP contribution is 2.26. The van der Waals surface area contributed by atoms with Crippen molar-refractivity contribution in [3.05, 3.63) is 29.8 Å². The molecule has 0 radical (unpaired) electrons. The van der Waals surface area contributed by atoms with Gasteiger partial charge in [0, 0.05) is 31.6 Å². The third-order valence-electron chi connectivity index (χ3n) is 5.19. The first-order valence-corrected chi connectivity index (χ1v) is 8.88. The predicted octanol–water partition coefficient (Wildman–Crippen LogP) is 1.53. The maximum Gasteiger partial charge on any atom is 0.118 e. The van der Waals surface area contributed by atoms with Gasteiger partial charge in [0.15, 0.2) is 0 Å². The molecular weight excluding hydrogens is 288 g/mol. The lowest BCUT2D eigenvalue weighted by molar-refractivity contribution is 0.194. The molecule has 2 fully saturated rings. The van der Waals surface area contributed by atoms with Gasteiger partial charge >= 0.3 is 0 Å². The third-order valence-corrected chi connectivity index (χ3v) is 5.19. The highest BCUT2D eigenvalue weighted by molar-refractivity contribution is 5.30. The molecule has 0 bridgehead atoms. The van der Waals surface area contributed by atoms with E-state index in [0.717, 1.165) is 18.8 Å². The van der Waals surface area contributed by atoms with E-state index in [1.54, 1.807) is 7.11 Å². The van der Waals surface area contributed by atoms with Crippen molar-refractivity contribution in [3.63, 3.8) is 0 Å². The number of ether oxygens (including phenoxy) is 1. The minimum atomic E-state index is 0.360. The molecule has 3 atom stereocenters. The van der Waals surface area contributed by atoms with Gasteiger partial charge in [0.1, 0.15) is 5.75 Å². The van der Waals surface area contributed by atoms with Crippen LogP contribution in [0.4, 0.5) is 0 Å². The summed E-state index contributed by atoms with van der Waals surface area (Å²) in [4.78, 5) is 2.55. The van der Waals surface area contributed by atoms with Gasteiger partial charge in [-0.3, -0.25) is 5.43 Å². The number of hydrogen-bond donors (Lipinski definition) is 3. The van der Waals surface area contributed by atoms with Crippen LogP contribution in [-0.2, 0) is 0 Å². The van der Waals surface area contributed by atoms with Gasteiger partial charge in [-0.25, -0.2) is 5.43 Å². The summed E-state index contributed by atoms with van der Waals surface area (Å²) in [6.45, 7) is 7.94. The Morgan fingerprint density at radius 1 is 1.30 bits per heavy atom. The fourth-order valence-corrected chi connectivity index (χ4v) is 3.72. The third kappa shape index (κ3) is 4.23. The Bertz CT molecular complexity index is 478. The number of nitrogens with one attached hydrogen (secondary N) is 3. The van der Waals surface area contributed by atoms with E-state index in [4.69, 9.17) is 4.74 Å². The van der Waals surface area contributed by atoms with E-state index >= 15 is 0 Å². The Kier molecular flexibility index (Phi) is 5.89. The van der Waals surface area contributed by atoms with Crippen LogP contribution in [-0.4, -0.2) is 50.8 Å². The molecule has 3 rings (SSSR count). The van der Waals surface area contributed by atoms with Gasteiger partial charge in [-0.15, -0.1) is 0 Å². The van der Waals surface area contributed by atoms with Crippen molar-refractivity contribution in [2.24, 2.45) is 5.92 Å². The van der Waals surface area contributed by atoms with Gasteiger partial charge in [-0.1, -0.05) is 19.1 Å². The van der Waals surface area contributed by atoms with Crippen LogP contribution in [0.1, 0.15) is 31.4 Å². The summed E-state index contributed by atoms with van der Waals surface area (Å²) in [5.74, 6) is 1.48. The molecule has 0 aromatic heterocycles. The first-order chi connectivity index (χ1) is 11.3. The molecule has 1 aromatic carbocycles. The fraction of sp³-hybridized carbons (Fsp3) is 0.667. The molecule has 0 spiro atoms. The van der Waals surface area contributed by atoms with Crippen molar-refractivity contribution in [1.29, 1.82) is 0 Å². The van der Waals surface area contributed by atoms with Crippen molar-refractivity contribution in [2.75, 3.05) is 39.8 Å². The van der Waals surface area contributed by atoms with Gasteiger partial charge in [-0.2, -0.15) is 0 Å². The Hall–Kier alpha value is -1.14. The summed E-state index contributed by atoms with van der Waals surface area (Å²) >= 11 is 0. The van der Waals surface area contributed by atoms with Gasteiger partial charge in [-0.05, 0) is 43.6 Å². The van der Waals surface area contributed by atoms with Crippen LogP contribution in [0.15, 0.2) is 24.3 Å². The Morgan fingerprint density at radius 3 is 2.87 bits per heavy atom. The van der Waals surface area contributed by atoms with Crippen LogP contribution >= 0.6 is 0 Å².